The van der Waals surface area contributed by atoms with Crippen LogP contribution in [0.2, 0.25) is 0 Å². The van der Waals surface area contributed by atoms with Crippen LogP contribution in [0.1, 0.15) is 50.7 Å². The van der Waals surface area contributed by atoms with Gasteiger partial charge in [0.25, 0.3) is 5.91 Å². The molecule has 0 aromatic carbocycles. The first-order valence-corrected chi connectivity index (χ1v) is 14.0. The monoisotopic (exact) mass is 615 g/mol. The van der Waals surface area contributed by atoms with Crippen molar-refractivity contribution in [3.63, 3.8) is 0 Å². The molecular weight excluding hydrogens is 578 g/mol. The first-order chi connectivity index (χ1) is 20.9. The van der Waals surface area contributed by atoms with Crippen molar-refractivity contribution in [3.8, 4) is 11.5 Å². The van der Waals surface area contributed by atoms with Crippen LogP contribution in [-0.4, -0.2) is 78.5 Å². The highest BCUT2D eigenvalue weighted by atomic mass is 16.7. The van der Waals surface area contributed by atoms with Crippen LogP contribution >= 0.6 is 0 Å². The number of carbonyl (C=O) groups excluding carboxylic acids is 5. The highest BCUT2D eigenvalue weighted by molar-refractivity contribution is 5.98. The number of esters is 4. The van der Waals surface area contributed by atoms with Gasteiger partial charge in [-0.25, -0.2) is 9.78 Å². The Labute approximate surface area is 254 Å². The maximum absolute atomic E-state index is 13.4. The number of cyclic esters (lactones) is 2. The van der Waals surface area contributed by atoms with Crippen LogP contribution in [0.5, 0.6) is 11.5 Å². The molecular formula is C30H37N3O11. The fraction of sp³-hybridized carbons (Fsp3) is 0.500. The third kappa shape index (κ3) is 8.88. The minimum atomic E-state index is -1.47. The Morgan fingerprint density at radius 2 is 1.77 bits per heavy atom. The Balaban J connectivity index is 1.85. The van der Waals surface area contributed by atoms with E-state index in [1.807, 2.05) is 0 Å². The molecule has 0 saturated carbocycles. The maximum atomic E-state index is 13.4. The van der Waals surface area contributed by atoms with E-state index in [1.54, 1.807) is 52.2 Å². The summed E-state index contributed by atoms with van der Waals surface area (Å²) in [4.78, 5) is 72.5. The fourth-order valence-corrected chi connectivity index (χ4v) is 4.09. The molecule has 2 aromatic heterocycles. The summed E-state index contributed by atoms with van der Waals surface area (Å²) in [7, 11) is 1.34. The highest BCUT2D eigenvalue weighted by Crippen LogP contribution is 2.30. The van der Waals surface area contributed by atoms with Crippen molar-refractivity contribution in [1.29, 1.82) is 0 Å². The summed E-state index contributed by atoms with van der Waals surface area (Å²) in [5, 5.41) is 2.45. The Hall–Kier alpha value is -4.75. The van der Waals surface area contributed by atoms with Gasteiger partial charge in [0, 0.05) is 24.7 Å². The van der Waals surface area contributed by atoms with Crippen molar-refractivity contribution in [2.75, 3.05) is 20.5 Å². The quantitative estimate of drug-likeness (QED) is 0.221. The number of nitrogens with zero attached hydrogens (tertiary/aromatic N) is 2. The second-order valence-electron chi connectivity index (χ2n) is 10.6. The van der Waals surface area contributed by atoms with Crippen LogP contribution in [0.25, 0.3) is 0 Å². The molecule has 4 unspecified atom stereocenters. The molecule has 1 saturated heterocycles. The van der Waals surface area contributed by atoms with Crippen LogP contribution in [0, 0.1) is 17.8 Å². The molecule has 4 atom stereocenters. The normalized spacial score (nSPS) is 20.4. The predicted octanol–water partition coefficient (Wildman–Crippen LogP) is 2.03. The van der Waals surface area contributed by atoms with Crippen molar-refractivity contribution in [1.82, 2.24) is 15.3 Å². The molecule has 238 valence electrons. The van der Waals surface area contributed by atoms with Gasteiger partial charge in [-0.3, -0.25) is 24.2 Å². The second-order valence-corrected chi connectivity index (χ2v) is 10.6. The molecule has 1 amide bonds. The number of amides is 1. The molecule has 1 fully saturated rings. The van der Waals surface area contributed by atoms with Gasteiger partial charge < -0.3 is 33.7 Å². The second kappa shape index (κ2) is 15.6. The first-order valence-electron chi connectivity index (χ1n) is 14.0. The molecule has 14 nitrogen and oxygen atoms in total. The van der Waals surface area contributed by atoms with Gasteiger partial charge >= 0.3 is 23.9 Å². The lowest BCUT2D eigenvalue weighted by molar-refractivity contribution is -0.176. The zero-order valence-corrected chi connectivity index (χ0v) is 25.4. The summed E-state index contributed by atoms with van der Waals surface area (Å²) >= 11 is 0. The molecule has 3 rings (SSSR count). The van der Waals surface area contributed by atoms with Crippen molar-refractivity contribution in [2.45, 2.75) is 59.3 Å². The van der Waals surface area contributed by atoms with E-state index in [-0.39, 0.29) is 23.6 Å². The van der Waals surface area contributed by atoms with Gasteiger partial charge in [-0.2, -0.15) is 0 Å². The van der Waals surface area contributed by atoms with E-state index >= 15 is 0 Å². The Morgan fingerprint density at radius 1 is 1.05 bits per heavy atom. The number of hydrogen-bond acceptors (Lipinski definition) is 13. The molecule has 2 aromatic rings. The number of ether oxygens (including phenoxy) is 6. The van der Waals surface area contributed by atoms with Crippen LogP contribution in [-0.2, 0) is 44.5 Å². The maximum Gasteiger partial charge on any atom is 0.332 e. The van der Waals surface area contributed by atoms with Gasteiger partial charge in [0.1, 0.15) is 18.6 Å². The smallest absolute Gasteiger partial charge is 0.332 e. The molecule has 14 heteroatoms. The number of hydrogen-bond donors (Lipinski definition) is 1. The number of pyridine rings is 2. The lowest BCUT2D eigenvalue weighted by Crippen LogP contribution is -2.47. The molecule has 0 aliphatic carbocycles. The number of aromatic nitrogens is 2. The summed E-state index contributed by atoms with van der Waals surface area (Å²) in [5.74, 6) is -5.75. The van der Waals surface area contributed by atoms with Gasteiger partial charge in [-0.15, -0.1) is 0 Å². The Morgan fingerprint density at radius 3 is 2.41 bits per heavy atom. The van der Waals surface area contributed by atoms with Gasteiger partial charge in [0.15, 0.2) is 29.3 Å². The van der Waals surface area contributed by atoms with E-state index < -0.39 is 79.2 Å². The molecule has 44 heavy (non-hydrogen) atoms. The topological polar surface area (TPSA) is 179 Å². The Kier molecular flexibility index (Phi) is 12.0. The van der Waals surface area contributed by atoms with E-state index in [0.29, 0.717) is 5.56 Å². The summed E-state index contributed by atoms with van der Waals surface area (Å²) in [6, 6.07) is 3.40. The number of rotatable bonds is 11. The summed E-state index contributed by atoms with van der Waals surface area (Å²) in [6.07, 6.45) is 2.21. The zero-order chi connectivity index (χ0) is 32.4. The van der Waals surface area contributed by atoms with E-state index in [0.717, 1.165) is 0 Å². The number of nitrogens with one attached hydrogen (secondary N) is 1. The number of methoxy groups -OCH3 is 1. The highest BCUT2D eigenvalue weighted by Gasteiger charge is 2.42. The van der Waals surface area contributed by atoms with Gasteiger partial charge in [-0.05, 0) is 25.0 Å². The van der Waals surface area contributed by atoms with Crippen LogP contribution in [0.3, 0.4) is 0 Å². The van der Waals surface area contributed by atoms with Crippen molar-refractivity contribution >= 4 is 29.8 Å². The van der Waals surface area contributed by atoms with Crippen LogP contribution < -0.4 is 14.8 Å². The lowest BCUT2D eigenvalue weighted by Gasteiger charge is -2.29. The molecule has 3 heterocycles. The third-order valence-electron chi connectivity index (χ3n) is 6.53. The molecule has 0 spiro atoms. The molecule has 1 N–H and O–H groups in total. The average Bonchev–Trinajstić information content (AvgIpc) is 3.03. The van der Waals surface area contributed by atoms with Crippen LogP contribution in [0.4, 0.5) is 0 Å². The minimum absolute atomic E-state index is 0.0808. The summed E-state index contributed by atoms with van der Waals surface area (Å²) < 4.78 is 32.5. The third-order valence-corrected chi connectivity index (χ3v) is 6.53. The molecule has 1 aliphatic rings. The van der Waals surface area contributed by atoms with Crippen LogP contribution in [0.15, 0.2) is 36.8 Å². The Bertz CT molecular complexity index is 1330. The lowest BCUT2D eigenvalue weighted by atomic mass is 9.91. The molecule has 0 radical (unpaired) electrons. The predicted molar refractivity (Wildman–Crippen MR) is 151 cm³/mol. The zero-order valence-electron chi connectivity index (χ0n) is 25.4. The van der Waals surface area contributed by atoms with Gasteiger partial charge in [0.2, 0.25) is 6.79 Å². The summed E-state index contributed by atoms with van der Waals surface area (Å²) in [5.41, 5.74) is 0.369. The van der Waals surface area contributed by atoms with Crippen molar-refractivity contribution < 1.29 is 52.4 Å². The summed E-state index contributed by atoms with van der Waals surface area (Å²) in [6.45, 7) is 6.92. The van der Waals surface area contributed by atoms with E-state index in [1.165, 1.54) is 26.3 Å². The van der Waals surface area contributed by atoms with Crippen molar-refractivity contribution in [2.24, 2.45) is 17.8 Å². The molecule has 1 aliphatic heterocycles. The van der Waals surface area contributed by atoms with Gasteiger partial charge in [-0.1, -0.05) is 33.8 Å². The van der Waals surface area contributed by atoms with E-state index in [2.05, 4.69) is 15.3 Å². The number of carbonyl (C=O) groups is 5. The minimum Gasteiger partial charge on any atom is -0.493 e. The average molecular weight is 616 g/mol. The van der Waals surface area contributed by atoms with E-state index in [9.17, 15) is 24.0 Å². The van der Waals surface area contributed by atoms with Gasteiger partial charge in [0.05, 0.1) is 18.9 Å². The van der Waals surface area contributed by atoms with Crippen molar-refractivity contribution in [3.05, 3.63) is 48.0 Å². The largest absolute Gasteiger partial charge is 0.493 e. The fourth-order valence-electron chi connectivity index (χ4n) is 4.09. The SMILES string of the molecule is COc1ccnc(C(=O)NC2COC(=O)C(Cc3cccnc3)C(OC(=O)C(C)C)C(C)OC2=O)c1OCOC(=O)C(C)C. The first kappa shape index (κ1) is 33.7. The van der Waals surface area contributed by atoms with E-state index in [4.69, 9.17) is 28.4 Å². The molecule has 0 bridgehead atoms. The standard InChI is InChI=1S/C30H37N3O11/c1-16(2)27(35)42-15-41-25-22(39-6)9-11-32-23(25)26(34)33-21-14-40-29(37)20(12-19-8-7-10-31-13-19)24(18(5)43-30(21)38)44-28(36)17(3)4/h7-11,13,16-18,20-21,24H,12,14-15H2,1-6H3,(H,33,34).